The SMILES string of the molecule is COC(=O)c1cc2c(c(F)c1F)OCCn1cncc1-2. The second-order valence-corrected chi connectivity index (χ2v) is 4.24. The molecule has 2 heterocycles. The fraction of sp³-hybridized carbons (Fsp3) is 0.231. The summed E-state index contributed by atoms with van der Waals surface area (Å²) in [6.45, 7) is 0.642. The van der Waals surface area contributed by atoms with Gasteiger partial charge in [0.25, 0.3) is 0 Å². The van der Waals surface area contributed by atoms with Crippen LogP contribution >= 0.6 is 0 Å². The predicted molar refractivity (Wildman–Crippen MR) is 64.4 cm³/mol. The van der Waals surface area contributed by atoms with Crippen LogP contribution in [0.3, 0.4) is 0 Å². The lowest BCUT2D eigenvalue weighted by Crippen LogP contribution is -2.09. The predicted octanol–water partition coefficient (Wildman–Crippen LogP) is 2.01. The number of hydrogen-bond acceptors (Lipinski definition) is 4. The van der Waals surface area contributed by atoms with E-state index >= 15 is 0 Å². The molecule has 0 saturated carbocycles. The molecule has 1 aromatic carbocycles. The number of rotatable bonds is 1. The van der Waals surface area contributed by atoms with Gasteiger partial charge in [0, 0.05) is 5.56 Å². The number of aromatic nitrogens is 2. The van der Waals surface area contributed by atoms with E-state index in [0.29, 0.717) is 12.2 Å². The van der Waals surface area contributed by atoms with E-state index in [1.807, 2.05) is 0 Å². The number of nitrogens with zero attached hydrogens (tertiary/aromatic N) is 2. The van der Waals surface area contributed by atoms with Gasteiger partial charge in [-0.3, -0.25) is 0 Å². The molecule has 0 aliphatic carbocycles. The van der Waals surface area contributed by atoms with E-state index in [4.69, 9.17) is 4.74 Å². The van der Waals surface area contributed by atoms with E-state index in [1.165, 1.54) is 12.3 Å². The standard InChI is InChI=1S/C13H10F2N2O3/c1-19-13(18)8-4-7-9-5-16-6-17(9)2-3-20-12(7)11(15)10(8)14/h4-6H,2-3H2,1H3. The van der Waals surface area contributed by atoms with E-state index < -0.39 is 23.2 Å². The van der Waals surface area contributed by atoms with Crippen LogP contribution in [0, 0.1) is 11.6 Å². The molecule has 104 valence electrons. The molecule has 0 saturated heterocycles. The molecule has 0 fully saturated rings. The van der Waals surface area contributed by atoms with Crippen LogP contribution in [0.4, 0.5) is 8.78 Å². The Morgan fingerprint density at radius 3 is 3.00 bits per heavy atom. The molecule has 7 heteroatoms. The molecule has 5 nitrogen and oxygen atoms in total. The summed E-state index contributed by atoms with van der Waals surface area (Å²) in [5.41, 5.74) is 0.364. The molecule has 20 heavy (non-hydrogen) atoms. The third-order valence-electron chi connectivity index (χ3n) is 3.13. The molecule has 0 N–H and O–H groups in total. The zero-order valence-corrected chi connectivity index (χ0v) is 10.5. The molecule has 0 unspecified atom stereocenters. The van der Waals surface area contributed by atoms with Gasteiger partial charge in [-0.2, -0.15) is 4.39 Å². The lowest BCUT2D eigenvalue weighted by atomic mass is 10.1. The van der Waals surface area contributed by atoms with Gasteiger partial charge in [-0.05, 0) is 6.07 Å². The average Bonchev–Trinajstić information content (AvgIpc) is 2.84. The number of imidazole rings is 1. The van der Waals surface area contributed by atoms with E-state index in [-0.39, 0.29) is 17.9 Å². The van der Waals surface area contributed by atoms with Crippen LogP contribution < -0.4 is 4.74 Å². The van der Waals surface area contributed by atoms with Crippen molar-refractivity contribution in [3.05, 3.63) is 35.8 Å². The van der Waals surface area contributed by atoms with Gasteiger partial charge in [-0.25, -0.2) is 14.2 Å². The summed E-state index contributed by atoms with van der Waals surface area (Å²) in [4.78, 5) is 15.5. The summed E-state index contributed by atoms with van der Waals surface area (Å²) in [5, 5.41) is 0. The number of fused-ring (bicyclic) bond motifs is 3. The van der Waals surface area contributed by atoms with Gasteiger partial charge in [-0.1, -0.05) is 0 Å². The van der Waals surface area contributed by atoms with Crippen molar-refractivity contribution >= 4 is 5.97 Å². The van der Waals surface area contributed by atoms with Crippen LogP contribution in [-0.2, 0) is 11.3 Å². The van der Waals surface area contributed by atoms with Gasteiger partial charge in [0.15, 0.2) is 11.6 Å². The number of halogens is 2. The highest BCUT2D eigenvalue weighted by atomic mass is 19.2. The Labute approximate surface area is 112 Å². The summed E-state index contributed by atoms with van der Waals surface area (Å²) in [6.07, 6.45) is 3.07. The Hall–Kier alpha value is -2.44. The molecular weight excluding hydrogens is 270 g/mol. The monoisotopic (exact) mass is 280 g/mol. The second kappa shape index (κ2) is 4.59. The van der Waals surface area contributed by atoms with Crippen molar-refractivity contribution in [3.63, 3.8) is 0 Å². The highest BCUT2D eigenvalue weighted by molar-refractivity contribution is 5.92. The van der Waals surface area contributed by atoms with E-state index in [1.54, 1.807) is 10.9 Å². The summed E-state index contributed by atoms with van der Waals surface area (Å²) in [6, 6.07) is 1.22. The molecular formula is C13H10F2N2O3. The van der Waals surface area contributed by atoms with Gasteiger partial charge < -0.3 is 14.0 Å². The van der Waals surface area contributed by atoms with Crippen LogP contribution in [0.25, 0.3) is 11.3 Å². The van der Waals surface area contributed by atoms with Crippen LogP contribution in [0.2, 0.25) is 0 Å². The van der Waals surface area contributed by atoms with Crippen molar-refractivity contribution in [1.82, 2.24) is 9.55 Å². The van der Waals surface area contributed by atoms with Gasteiger partial charge in [0.2, 0.25) is 5.82 Å². The van der Waals surface area contributed by atoms with E-state index in [2.05, 4.69) is 9.72 Å². The highest BCUT2D eigenvalue weighted by Crippen LogP contribution is 2.37. The molecule has 1 aromatic heterocycles. The zero-order chi connectivity index (χ0) is 14.3. The molecule has 0 bridgehead atoms. The Kier molecular flexibility index (Phi) is 2.89. The maximum Gasteiger partial charge on any atom is 0.340 e. The molecule has 0 spiro atoms. The maximum atomic E-state index is 14.1. The quantitative estimate of drug-likeness (QED) is 0.750. The number of carbonyl (C=O) groups excluding carboxylic acids is 1. The number of esters is 1. The van der Waals surface area contributed by atoms with E-state index in [0.717, 1.165) is 7.11 Å². The molecule has 1 aliphatic heterocycles. The van der Waals surface area contributed by atoms with Crippen molar-refractivity contribution < 1.29 is 23.0 Å². The molecule has 3 rings (SSSR count). The molecule has 0 atom stereocenters. The zero-order valence-electron chi connectivity index (χ0n) is 10.5. The first-order valence-electron chi connectivity index (χ1n) is 5.87. The fourth-order valence-electron chi connectivity index (χ4n) is 2.17. The molecule has 2 aromatic rings. The fourth-order valence-corrected chi connectivity index (χ4v) is 2.17. The summed E-state index contributed by atoms with van der Waals surface area (Å²) < 4.78 is 39.4. The average molecular weight is 280 g/mol. The lowest BCUT2D eigenvalue weighted by molar-refractivity contribution is 0.0594. The van der Waals surface area contributed by atoms with Gasteiger partial charge >= 0.3 is 5.97 Å². The largest absolute Gasteiger partial charge is 0.488 e. The number of methoxy groups -OCH3 is 1. The van der Waals surface area contributed by atoms with Crippen molar-refractivity contribution in [2.45, 2.75) is 6.54 Å². The summed E-state index contributed by atoms with van der Waals surface area (Å²) in [7, 11) is 1.10. The van der Waals surface area contributed by atoms with Crippen LogP contribution in [0.15, 0.2) is 18.6 Å². The number of carbonyl (C=O) groups is 1. The Morgan fingerprint density at radius 2 is 2.25 bits per heavy atom. The second-order valence-electron chi connectivity index (χ2n) is 4.24. The minimum atomic E-state index is -1.27. The Balaban J connectivity index is 2.29. The third-order valence-corrected chi connectivity index (χ3v) is 3.13. The van der Waals surface area contributed by atoms with Gasteiger partial charge in [-0.15, -0.1) is 0 Å². The van der Waals surface area contributed by atoms with Crippen molar-refractivity contribution in [3.8, 4) is 17.0 Å². The molecule has 1 aliphatic rings. The number of ether oxygens (including phenoxy) is 2. The van der Waals surface area contributed by atoms with E-state index in [9.17, 15) is 13.6 Å². The summed E-state index contributed by atoms with van der Waals surface area (Å²) >= 11 is 0. The normalized spacial score (nSPS) is 12.9. The van der Waals surface area contributed by atoms with Crippen LogP contribution in [0.1, 0.15) is 10.4 Å². The van der Waals surface area contributed by atoms with Gasteiger partial charge in [0.1, 0.15) is 6.61 Å². The van der Waals surface area contributed by atoms with Crippen molar-refractivity contribution in [1.29, 1.82) is 0 Å². The third kappa shape index (κ3) is 1.74. The Morgan fingerprint density at radius 1 is 1.45 bits per heavy atom. The topological polar surface area (TPSA) is 53.4 Å². The van der Waals surface area contributed by atoms with Crippen LogP contribution in [-0.4, -0.2) is 29.2 Å². The maximum absolute atomic E-state index is 14.1. The first-order chi connectivity index (χ1) is 9.63. The van der Waals surface area contributed by atoms with Crippen molar-refractivity contribution in [2.24, 2.45) is 0 Å². The van der Waals surface area contributed by atoms with Crippen molar-refractivity contribution in [2.75, 3.05) is 13.7 Å². The molecule has 0 radical (unpaired) electrons. The first kappa shape index (κ1) is 12.6. The Bertz CT molecular complexity index is 697. The number of hydrogen-bond donors (Lipinski definition) is 0. The highest BCUT2D eigenvalue weighted by Gasteiger charge is 2.27. The summed E-state index contributed by atoms with van der Waals surface area (Å²) in [5.74, 6) is -3.63. The minimum absolute atomic E-state index is 0.185. The first-order valence-corrected chi connectivity index (χ1v) is 5.87. The van der Waals surface area contributed by atoms with Gasteiger partial charge in [0.05, 0.1) is 37.4 Å². The molecule has 0 amide bonds. The van der Waals surface area contributed by atoms with Crippen LogP contribution in [0.5, 0.6) is 5.75 Å². The number of benzene rings is 1. The lowest BCUT2D eigenvalue weighted by Gasteiger charge is -2.11. The smallest absolute Gasteiger partial charge is 0.340 e. The minimum Gasteiger partial charge on any atom is -0.488 e.